The Morgan fingerprint density at radius 2 is 2.19 bits per heavy atom. The molecule has 1 aromatic carbocycles. The van der Waals surface area contributed by atoms with Crippen LogP contribution in [0.25, 0.3) is 0 Å². The highest BCUT2D eigenvalue weighted by Crippen LogP contribution is 2.21. The number of ether oxygens (including phenoxy) is 1. The third-order valence-electron chi connectivity index (χ3n) is 4.05. The summed E-state index contributed by atoms with van der Waals surface area (Å²) in [6.45, 7) is 3.12. The van der Waals surface area contributed by atoms with Gasteiger partial charge in [-0.05, 0) is 50.8 Å². The zero-order chi connectivity index (χ0) is 14.9. The lowest BCUT2D eigenvalue weighted by Crippen LogP contribution is -2.31. The summed E-state index contributed by atoms with van der Waals surface area (Å²) in [5.41, 5.74) is 0.597. The van der Waals surface area contributed by atoms with Crippen LogP contribution >= 0.6 is 0 Å². The fourth-order valence-electron chi connectivity index (χ4n) is 2.98. The van der Waals surface area contributed by atoms with Crippen molar-refractivity contribution in [1.29, 1.82) is 5.26 Å². The van der Waals surface area contributed by atoms with E-state index in [4.69, 9.17) is 15.1 Å². The molecule has 1 heterocycles. The Morgan fingerprint density at radius 3 is 3.00 bits per heavy atom. The maximum atomic E-state index is 9.01. The van der Waals surface area contributed by atoms with Gasteiger partial charge in [-0.3, -0.25) is 0 Å². The van der Waals surface area contributed by atoms with Crippen LogP contribution in [0, 0.1) is 11.3 Å². The highest BCUT2D eigenvalue weighted by atomic mass is 16.5. The molecule has 0 saturated carbocycles. The largest absolute Gasteiger partial charge is 0.492 e. The fourth-order valence-corrected chi connectivity index (χ4v) is 2.98. The molecule has 2 rings (SSSR count). The van der Waals surface area contributed by atoms with Gasteiger partial charge in [0.25, 0.3) is 0 Å². The van der Waals surface area contributed by atoms with Crippen molar-refractivity contribution in [1.82, 2.24) is 4.90 Å². The molecule has 0 aliphatic carbocycles. The number of rotatable bonds is 8. The summed E-state index contributed by atoms with van der Waals surface area (Å²) in [6.07, 6.45) is 5.46. The Hall–Kier alpha value is -1.57. The van der Waals surface area contributed by atoms with Crippen molar-refractivity contribution in [2.75, 3.05) is 26.3 Å². The van der Waals surface area contributed by atoms with Crippen LogP contribution in [-0.2, 0) is 0 Å². The Labute approximate surface area is 127 Å². The molecule has 1 fully saturated rings. The zero-order valence-electron chi connectivity index (χ0n) is 12.5. The van der Waals surface area contributed by atoms with Gasteiger partial charge in [-0.2, -0.15) is 5.26 Å². The maximum absolute atomic E-state index is 9.01. The highest BCUT2D eigenvalue weighted by Gasteiger charge is 2.23. The number of hydrogen-bond acceptors (Lipinski definition) is 4. The number of hydrogen-bond donors (Lipinski definition) is 1. The quantitative estimate of drug-likeness (QED) is 0.747. The normalized spacial score (nSPS) is 18.6. The number of nitrogens with zero attached hydrogens (tertiary/aromatic N) is 2. The molecule has 4 nitrogen and oxygen atoms in total. The molecule has 0 amide bonds. The van der Waals surface area contributed by atoms with Crippen LogP contribution in [0.15, 0.2) is 24.3 Å². The van der Waals surface area contributed by atoms with E-state index in [0.29, 0.717) is 30.6 Å². The van der Waals surface area contributed by atoms with Crippen LogP contribution in [0.5, 0.6) is 5.75 Å². The maximum Gasteiger partial charge on any atom is 0.137 e. The number of nitriles is 1. The summed E-state index contributed by atoms with van der Waals surface area (Å²) in [7, 11) is 0. The summed E-state index contributed by atoms with van der Waals surface area (Å²) < 4.78 is 5.72. The molecular weight excluding hydrogens is 264 g/mol. The van der Waals surface area contributed by atoms with Crippen LogP contribution in [-0.4, -0.2) is 42.4 Å². The van der Waals surface area contributed by atoms with Crippen molar-refractivity contribution in [3.05, 3.63) is 29.8 Å². The number of aliphatic hydroxyl groups is 1. The molecule has 0 aromatic heterocycles. The molecule has 1 N–H and O–H groups in total. The predicted molar refractivity (Wildman–Crippen MR) is 82.2 cm³/mol. The Morgan fingerprint density at radius 1 is 1.33 bits per heavy atom. The Kier molecular flexibility index (Phi) is 6.52. The average molecular weight is 288 g/mol. The van der Waals surface area contributed by atoms with Crippen LogP contribution in [0.3, 0.4) is 0 Å². The van der Waals surface area contributed by atoms with Gasteiger partial charge in [-0.25, -0.2) is 0 Å². The van der Waals surface area contributed by atoms with Crippen molar-refractivity contribution in [2.45, 2.75) is 38.1 Å². The first-order chi connectivity index (χ1) is 10.3. The van der Waals surface area contributed by atoms with Gasteiger partial charge in [0, 0.05) is 19.2 Å². The molecule has 1 aliphatic heterocycles. The lowest BCUT2D eigenvalue weighted by atomic mass is 10.1. The van der Waals surface area contributed by atoms with E-state index in [2.05, 4.69) is 11.0 Å². The first kappa shape index (κ1) is 15.8. The SMILES string of the molecule is N#Cc1ccccc1OCCCN1CCCC1CCCO. The van der Waals surface area contributed by atoms with E-state index in [9.17, 15) is 0 Å². The van der Waals surface area contributed by atoms with Gasteiger partial charge in [0.1, 0.15) is 11.8 Å². The van der Waals surface area contributed by atoms with Gasteiger partial charge < -0.3 is 14.7 Å². The average Bonchev–Trinajstić information content (AvgIpc) is 2.97. The molecule has 21 heavy (non-hydrogen) atoms. The van der Waals surface area contributed by atoms with Crippen molar-refractivity contribution in [3.8, 4) is 11.8 Å². The number of likely N-dealkylation sites (tertiary alicyclic amines) is 1. The van der Waals surface area contributed by atoms with Gasteiger partial charge >= 0.3 is 0 Å². The van der Waals surface area contributed by atoms with E-state index in [-0.39, 0.29) is 0 Å². The van der Waals surface area contributed by atoms with E-state index < -0.39 is 0 Å². The van der Waals surface area contributed by atoms with Crippen LogP contribution in [0.1, 0.15) is 37.7 Å². The van der Waals surface area contributed by atoms with Crippen LogP contribution < -0.4 is 4.74 Å². The smallest absolute Gasteiger partial charge is 0.137 e. The van der Waals surface area contributed by atoms with Gasteiger partial charge in [-0.15, -0.1) is 0 Å². The Balaban J connectivity index is 1.71. The van der Waals surface area contributed by atoms with E-state index >= 15 is 0 Å². The van der Waals surface area contributed by atoms with Gasteiger partial charge in [0.2, 0.25) is 0 Å². The van der Waals surface area contributed by atoms with E-state index in [0.717, 1.165) is 32.4 Å². The molecule has 4 heteroatoms. The number of benzene rings is 1. The van der Waals surface area contributed by atoms with E-state index in [1.54, 1.807) is 6.07 Å². The molecule has 0 bridgehead atoms. The Bertz CT molecular complexity index is 470. The van der Waals surface area contributed by atoms with Crippen molar-refractivity contribution in [3.63, 3.8) is 0 Å². The second-order valence-electron chi connectivity index (χ2n) is 5.51. The minimum atomic E-state index is 0.290. The molecule has 1 unspecified atom stereocenters. The predicted octanol–water partition coefficient (Wildman–Crippen LogP) is 2.56. The first-order valence-corrected chi connectivity index (χ1v) is 7.82. The second-order valence-corrected chi connectivity index (χ2v) is 5.51. The zero-order valence-corrected chi connectivity index (χ0v) is 12.5. The van der Waals surface area contributed by atoms with Crippen molar-refractivity contribution >= 4 is 0 Å². The molecule has 0 spiro atoms. The summed E-state index contributed by atoms with van der Waals surface area (Å²) in [6, 6.07) is 10.1. The van der Waals surface area contributed by atoms with Crippen molar-refractivity contribution in [2.24, 2.45) is 0 Å². The number of para-hydroxylation sites is 1. The minimum absolute atomic E-state index is 0.290. The first-order valence-electron chi connectivity index (χ1n) is 7.82. The number of aliphatic hydroxyl groups excluding tert-OH is 1. The summed E-state index contributed by atoms with van der Waals surface area (Å²) in [4.78, 5) is 2.51. The highest BCUT2D eigenvalue weighted by molar-refractivity contribution is 5.42. The third kappa shape index (κ3) is 4.73. The lowest BCUT2D eigenvalue weighted by Gasteiger charge is -2.24. The van der Waals surface area contributed by atoms with E-state index in [1.807, 2.05) is 18.2 Å². The molecular formula is C17H24N2O2. The topological polar surface area (TPSA) is 56.5 Å². The second kappa shape index (κ2) is 8.66. The summed E-state index contributed by atoms with van der Waals surface area (Å²) in [5.74, 6) is 0.679. The van der Waals surface area contributed by atoms with Gasteiger partial charge in [0.05, 0.1) is 12.2 Å². The lowest BCUT2D eigenvalue weighted by molar-refractivity contribution is 0.199. The minimum Gasteiger partial charge on any atom is -0.492 e. The molecule has 1 aromatic rings. The molecule has 1 saturated heterocycles. The fraction of sp³-hybridized carbons (Fsp3) is 0.588. The van der Waals surface area contributed by atoms with Crippen LogP contribution in [0.4, 0.5) is 0 Å². The molecule has 1 aliphatic rings. The van der Waals surface area contributed by atoms with Crippen molar-refractivity contribution < 1.29 is 9.84 Å². The van der Waals surface area contributed by atoms with Gasteiger partial charge in [0.15, 0.2) is 0 Å². The summed E-state index contributed by atoms with van der Waals surface area (Å²) >= 11 is 0. The standard InChI is InChI=1S/C17H24N2O2/c18-14-15-6-1-2-9-17(15)21-13-5-11-19-10-3-7-16(19)8-4-12-20/h1-2,6,9,16,20H,3-5,7-8,10-13H2. The molecule has 114 valence electrons. The van der Waals surface area contributed by atoms with Crippen LogP contribution in [0.2, 0.25) is 0 Å². The monoisotopic (exact) mass is 288 g/mol. The summed E-state index contributed by atoms with van der Waals surface area (Å²) in [5, 5.41) is 17.9. The van der Waals surface area contributed by atoms with E-state index in [1.165, 1.54) is 12.8 Å². The van der Waals surface area contributed by atoms with Gasteiger partial charge in [-0.1, -0.05) is 12.1 Å². The molecule has 1 atom stereocenters. The third-order valence-corrected chi connectivity index (χ3v) is 4.05. The molecule has 0 radical (unpaired) electrons.